The largest absolute Gasteiger partial charge is 0.389 e. The van der Waals surface area contributed by atoms with Crippen molar-refractivity contribution in [2.24, 2.45) is 7.05 Å². The van der Waals surface area contributed by atoms with E-state index >= 15 is 0 Å². The Bertz CT molecular complexity index is 855. The number of aryl methyl sites for hydroxylation is 1. The van der Waals surface area contributed by atoms with Crippen LogP contribution >= 0.6 is 0 Å². The zero-order chi connectivity index (χ0) is 21.3. The molecule has 4 atom stereocenters. The maximum absolute atomic E-state index is 13.3. The Morgan fingerprint density at radius 1 is 1.30 bits per heavy atom. The summed E-state index contributed by atoms with van der Waals surface area (Å²) in [7, 11) is -2.21. The number of aliphatic hydroxyl groups excluding tert-OH is 1. The number of amides is 1. The van der Waals surface area contributed by atoms with Gasteiger partial charge in [-0.3, -0.25) is 4.79 Å². The number of carbonyl (C=O) groups is 1. The third-order valence-electron chi connectivity index (χ3n) is 6.07. The highest BCUT2D eigenvalue weighted by Gasteiger charge is 2.44. The van der Waals surface area contributed by atoms with Gasteiger partial charge in [0.1, 0.15) is 0 Å². The van der Waals surface area contributed by atoms with Crippen molar-refractivity contribution in [2.45, 2.75) is 73.9 Å². The molecule has 4 rings (SSSR count). The van der Waals surface area contributed by atoms with Crippen LogP contribution in [0.3, 0.4) is 0 Å². The molecule has 1 aromatic rings. The van der Waals surface area contributed by atoms with Crippen molar-refractivity contribution < 1.29 is 27.8 Å². The van der Waals surface area contributed by atoms with E-state index in [4.69, 9.17) is 9.47 Å². The molecule has 3 aliphatic rings. The Morgan fingerprint density at radius 3 is 2.77 bits per heavy atom. The second-order valence-corrected chi connectivity index (χ2v) is 10.3. The van der Waals surface area contributed by atoms with E-state index in [-0.39, 0.29) is 49.3 Å². The number of carbonyl (C=O) groups excluding carboxylic acids is 1. The van der Waals surface area contributed by atoms with Crippen molar-refractivity contribution in [1.29, 1.82) is 0 Å². The molecule has 30 heavy (non-hydrogen) atoms. The fraction of sp³-hybridized carbons (Fsp3) is 0.789. The maximum Gasteiger partial charge on any atom is 0.262 e. The number of nitrogens with zero attached hydrogens (tertiary/aromatic N) is 3. The monoisotopic (exact) mass is 442 g/mol. The molecule has 10 nitrogen and oxygen atoms in total. The lowest BCUT2D eigenvalue weighted by atomic mass is 9.92. The minimum atomic E-state index is -3.91. The molecule has 1 aromatic heterocycles. The Balaban J connectivity index is 1.47. The first-order valence-electron chi connectivity index (χ1n) is 10.5. The third kappa shape index (κ3) is 4.70. The Morgan fingerprint density at radius 2 is 2.10 bits per heavy atom. The molecule has 2 saturated heterocycles. The number of hydrogen-bond acceptors (Lipinski definition) is 7. The smallest absolute Gasteiger partial charge is 0.262 e. The van der Waals surface area contributed by atoms with Crippen LogP contribution in [0.15, 0.2) is 17.6 Å². The number of rotatable bonds is 5. The highest BCUT2D eigenvalue weighted by Crippen LogP contribution is 2.31. The van der Waals surface area contributed by atoms with Crippen molar-refractivity contribution >= 4 is 15.9 Å². The summed E-state index contributed by atoms with van der Waals surface area (Å²) in [4.78, 5) is 16.3. The van der Waals surface area contributed by atoms with Crippen LogP contribution in [0, 0.1) is 0 Å². The molecule has 0 unspecified atom stereocenters. The summed E-state index contributed by atoms with van der Waals surface area (Å²) < 4.78 is 41.1. The van der Waals surface area contributed by atoms with Crippen molar-refractivity contribution in [1.82, 2.24) is 19.2 Å². The Kier molecular flexibility index (Phi) is 6.44. The van der Waals surface area contributed by atoms with Gasteiger partial charge in [0.25, 0.3) is 10.0 Å². The first-order valence-corrected chi connectivity index (χ1v) is 12.0. The van der Waals surface area contributed by atoms with Crippen molar-refractivity contribution in [2.75, 3.05) is 19.8 Å². The van der Waals surface area contributed by atoms with Crippen LogP contribution in [0.4, 0.5) is 0 Å². The minimum Gasteiger partial charge on any atom is -0.389 e. The van der Waals surface area contributed by atoms with Crippen LogP contribution in [0.2, 0.25) is 0 Å². The standard InChI is InChI=1S/C19H30N4O6S/c1-22-9-19(20-12-22)30(26,27)23-8-14(24)10-28-11-17-16(23)6-5-15(29-17)7-18(25)21-13-3-2-4-13/h9,12-17,24H,2-8,10-11H2,1H3,(H,21,25)/t14-,15-,16+,17-/m0/s1. The second kappa shape index (κ2) is 8.91. The van der Waals surface area contributed by atoms with Crippen molar-refractivity contribution in [3.63, 3.8) is 0 Å². The van der Waals surface area contributed by atoms with Gasteiger partial charge in [0.15, 0.2) is 5.03 Å². The molecule has 11 heteroatoms. The molecule has 1 amide bonds. The third-order valence-corrected chi connectivity index (χ3v) is 7.85. The fourth-order valence-electron chi connectivity index (χ4n) is 4.26. The van der Waals surface area contributed by atoms with Crippen LogP contribution in [-0.2, 0) is 31.3 Å². The summed E-state index contributed by atoms with van der Waals surface area (Å²) in [6, 6.07) is -0.211. The minimum absolute atomic E-state index is 0.0215. The predicted molar refractivity (Wildman–Crippen MR) is 106 cm³/mol. The highest BCUT2D eigenvalue weighted by molar-refractivity contribution is 7.89. The molecule has 2 N–H and O–H groups in total. The molecule has 0 aromatic carbocycles. The van der Waals surface area contributed by atoms with Gasteiger partial charge >= 0.3 is 0 Å². The van der Waals surface area contributed by atoms with Gasteiger partial charge < -0.3 is 24.5 Å². The maximum atomic E-state index is 13.3. The Hall–Kier alpha value is -1.53. The summed E-state index contributed by atoms with van der Waals surface area (Å²) in [5, 5.41) is 13.2. The molecule has 3 fully saturated rings. The van der Waals surface area contributed by atoms with Crippen molar-refractivity contribution in [3.8, 4) is 0 Å². The van der Waals surface area contributed by atoms with Gasteiger partial charge in [0.05, 0.1) is 50.3 Å². The van der Waals surface area contributed by atoms with E-state index in [0.29, 0.717) is 12.8 Å². The molecular weight excluding hydrogens is 412 g/mol. The lowest BCUT2D eigenvalue weighted by molar-refractivity contribution is -0.147. The molecule has 1 aliphatic carbocycles. The van der Waals surface area contributed by atoms with Crippen LogP contribution in [0.5, 0.6) is 0 Å². The molecule has 0 radical (unpaired) electrons. The lowest BCUT2D eigenvalue weighted by Crippen LogP contribution is -2.57. The number of hydrogen-bond donors (Lipinski definition) is 2. The zero-order valence-electron chi connectivity index (χ0n) is 17.1. The van der Waals surface area contributed by atoms with Gasteiger partial charge in [-0.25, -0.2) is 13.4 Å². The molecule has 2 aliphatic heterocycles. The molecule has 1 saturated carbocycles. The SMILES string of the molecule is Cn1cnc(S(=O)(=O)N2C[C@H](O)COC[C@@H]3O[C@H](CC(=O)NC4CCC4)CC[C@H]32)c1. The lowest BCUT2D eigenvalue weighted by Gasteiger charge is -2.43. The van der Waals surface area contributed by atoms with Crippen LogP contribution in [0.1, 0.15) is 38.5 Å². The van der Waals surface area contributed by atoms with E-state index in [2.05, 4.69) is 10.3 Å². The van der Waals surface area contributed by atoms with Gasteiger partial charge in [0, 0.05) is 25.8 Å². The van der Waals surface area contributed by atoms with E-state index < -0.39 is 28.3 Å². The van der Waals surface area contributed by atoms with Gasteiger partial charge in [-0.1, -0.05) is 0 Å². The summed E-state index contributed by atoms with van der Waals surface area (Å²) in [6.45, 7) is 0.0978. The first-order chi connectivity index (χ1) is 14.3. The van der Waals surface area contributed by atoms with Crippen LogP contribution in [-0.4, -0.2) is 83.4 Å². The molecule has 0 spiro atoms. The quantitative estimate of drug-likeness (QED) is 0.646. The average Bonchev–Trinajstić information content (AvgIpc) is 3.09. The fourth-order valence-corrected chi connectivity index (χ4v) is 5.95. The number of ether oxygens (including phenoxy) is 2. The number of aliphatic hydroxyl groups is 1. The summed E-state index contributed by atoms with van der Waals surface area (Å²) >= 11 is 0. The predicted octanol–water partition coefficient (Wildman–Crippen LogP) is -0.223. The Labute approximate surface area is 176 Å². The van der Waals surface area contributed by atoms with Gasteiger partial charge in [-0.2, -0.15) is 4.31 Å². The van der Waals surface area contributed by atoms with Gasteiger partial charge in [-0.15, -0.1) is 0 Å². The second-order valence-electron chi connectivity index (χ2n) is 8.48. The molecule has 0 bridgehead atoms. The summed E-state index contributed by atoms with van der Waals surface area (Å²) in [6.07, 6.45) is 5.70. The summed E-state index contributed by atoms with van der Waals surface area (Å²) in [5.74, 6) is -0.0247. The zero-order valence-corrected chi connectivity index (χ0v) is 18.0. The van der Waals surface area contributed by atoms with Crippen LogP contribution in [0.25, 0.3) is 0 Å². The number of fused-ring (bicyclic) bond motifs is 1. The molecule has 3 heterocycles. The van der Waals surface area contributed by atoms with E-state index in [1.807, 2.05) is 0 Å². The van der Waals surface area contributed by atoms with E-state index in [1.165, 1.54) is 16.8 Å². The summed E-state index contributed by atoms with van der Waals surface area (Å²) in [5.41, 5.74) is 0. The number of sulfonamides is 1. The van der Waals surface area contributed by atoms with Crippen molar-refractivity contribution in [3.05, 3.63) is 12.5 Å². The number of aromatic nitrogens is 2. The highest BCUT2D eigenvalue weighted by atomic mass is 32.2. The van der Waals surface area contributed by atoms with E-state index in [9.17, 15) is 18.3 Å². The first kappa shape index (κ1) is 21.7. The normalized spacial score (nSPS) is 31.3. The molecule has 168 valence electrons. The molecular formula is C19H30N4O6S. The average molecular weight is 443 g/mol. The van der Waals surface area contributed by atoms with E-state index in [0.717, 1.165) is 19.3 Å². The van der Waals surface area contributed by atoms with Gasteiger partial charge in [-0.05, 0) is 32.1 Å². The van der Waals surface area contributed by atoms with E-state index in [1.54, 1.807) is 11.6 Å². The van der Waals surface area contributed by atoms with Crippen LogP contribution < -0.4 is 5.32 Å². The van der Waals surface area contributed by atoms with Gasteiger partial charge in [0.2, 0.25) is 5.91 Å². The number of nitrogens with one attached hydrogen (secondary N) is 1. The number of imidazole rings is 1. The number of β-amino-alcohol motifs (C(OH)–C–C–N with tert-alkyl or cyclic N) is 1. The topological polar surface area (TPSA) is 123 Å².